The summed E-state index contributed by atoms with van der Waals surface area (Å²) in [6.07, 6.45) is -3.52. The molecule has 3 heterocycles. The van der Waals surface area contributed by atoms with Crippen LogP contribution in [0.25, 0.3) is 6.08 Å². The number of thiophene rings is 1. The van der Waals surface area contributed by atoms with Crippen LogP contribution in [0.1, 0.15) is 32.6 Å². The van der Waals surface area contributed by atoms with Gasteiger partial charge in [0.15, 0.2) is 28.9 Å². The lowest BCUT2D eigenvalue weighted by Crippen LogP contribution is -2.61. The van der Waals surface area contributed by atoms with Gasteiger partial charge in [-0.15, -0.1) is 11.3 Å². The molecule has 5 unspecified atom stereocenters. The minimum atomic E-state index is -1.36. The quantitative estimate of drug-likeness (QED) is 0.232. The van der Waals surface area contributed by atoms with Crippen molar-refractivity contribution in [3.63, 3.8) is 0 Å². The summed E-state index contributed by atoms with van der Waals surface area (Å²) in [5, 5.41) is 2.46. The van der Waals surface area contributed by atoms with Crippen molar-refractivity contribution in [3.8, 4) is 0 Å². The van der Waals surface area contributed by atoms with Crippen molar-refractivity contribution in [2.24, 2.45) is 4.99 Å². The molecule has 0 radical (unpaired) electrons. The Hall–Kier alpha value is -3.72. The van der Waals surface area contributed by atoms with Crippen LogP contribution in [0.4, 0.5) is 5.69 Å². The number of ether oxygens (including phenoxy) is 5. The van der Waals surface area contributed by atoms with Gasteiger partial charge in [0.05, 0.1) is 5.69 Å². The first kappa shape index (κ1) is 32.2. The number of amidine groups is 1. The van der Waals surface area contributed by atoms with Crippen LogP contribution in [0.5, 0.6) is 0 Å². The summed E-state index contributed by atoms with van der Waals surface area (Å²) in [6, 6.07) is 10.2. The maximum absolute atomic E-state index is 13.6. The Morgan fingerprint density at radius 3 is 2.16 bits per heavy atom. The number of aliphatic imine (C=N–C) groups is 1. The molecule has 43 heavy (non-hydrogen) atoms. The van der Waals surface area contributed by atoms with E-state index in [0.29, 0.717) is 10.7 Å². The molecular formula is C28H27ClN2O10S2. The summed E-state index contributed by atoms with van der Waals surface area (Å²) < 4.78 is 27.8. The zero-order valence-electron chi connectivity index (χ0n) is 23.4. The van der Waals surface area contributed by atoms with Crippen molar-refractivity contribution in [2.75, 3.05) is 11.5 Å². The Kier molecular flexibility index (Phi) is 10.6. The Morgan fingerprint density at radius 1 is 0.953 bits per heavy atom. The van der Waals surface area contributed by atoms with Gasteiger partial charge in [-0.2, -0.15) is 0 Å². The molecule has 5 atom stereocenters. The molecule has 1 saturated heterocycles. The number of esters is 4. The molecule has 2 aliphatic heterocycles. The number of amides is 1. The molecule has 0 saturated carbocycles. The van der Waals surface area contributed by atoms with Crippen LogP contribution in [0.2, 0.25) is 5.02 Å². The minimum Gasteiger partial charge on any atom is -0.463 e. The smallest absolute Gasteiger partial charge is 0.303 e. The van der Waals surface area contributed by atoms with E-state index in [1.165, 1.54) is 23.2 Å². The second-order valence-electron chi connectivity index (χ2n) is 9.24. The predicted molar refractivity (Wildman–Crippen MR) is 158 cm³/mol. The van der Waals surface area contributed by atoms with Crippen LogP contribution in [0.15, 0.2) is 52.5 Å². The highest BCUT2D eigenvalue weighted by Gasteiger charge is 2.53. The van der Waals surface area contributed by atoms with Gasteiger partial charge in [0.25, 0.3) is 5.91 Å². The lowest BCUT2D eigenvalue weighted by Gasteiger charge is -2.44. The molecular weight excluding hydrogens is 624 g/mol. The molecule has 0 N–H and O–H groups in total. The molecule has 1 aromatic carbocycles. The molecule has 12 nitrogen and oxygen atoms in total. The van der Waals surface area contributed by atoms with Gasteiger partial charge in [0, 0.05) is 37.6 Å². The number of rotatable bonds is 8. The van der Waals surface area contributed by atoms with Crippen molar-refractivity contribution < 1.29 is 47.7 Å². The van der Waals surface area contributed by atoms with Crippen LogP contribution in [0, 0.1) is 0 Å². The first-order valence-electron chi connectivity index (χ1n) is 12.8. The zero-order valence-corrected chi connectivity index (χ0v) is 25.8. The van der Waals surface area contributed by atoms with E-state index in [0.717, 1.165) is 37.4 Å². The molecule has 1 amide bonds. The van der Waals surface area contributed by atoms with Crippen molar-refractivity contribution in [3.05, 3.63) is 57.4 Å². The number of carbonyl (C=O) groups excluding carboxylic acids is 5. The fraction of sp³-hybridized carbons (Fsp3) is 0.357. The number of anilines is 1. The van der Waals surface area contributed by atoms with Crippen molar-refractivity contribution in [1.82, 2.24) is 0 Å². The molecule has 228 valence electrons. The average molecular weight is 651 g/mol. The van der Waals surface area contributed by atoms with E-state index in [-0.39, 0.29) is 17.5 Å². The number of hydrogen-bond donors (Lipinski definition) is 0. The monoisotopic (exact) mass is 650 g/mol. The number of benzene rings is 1. The summed E-state index contributed by atoms with van der Waals surface area (Å²) >= 11 is 8.41. The van der Waals surface area contributed by atoms with Crippen LogP contribution >= 0.6 is 34.7 Å². The van der Waals surface area contributed by atoms with Crippen molar-refractivity contribution in [2.45, 2.75) is 57.5 Å². The van der Waals surface area contributed by atoms with Crippen LogP contribution in [-0.2, 0) is 47.7 Å². The highest BCUT2D eigenvalue weighted by molar-refractivity contribution is 8.14. The molecule has 0 bridgehead atoms. The number of thioether (sulfide) groups is 1. The molecule has 15 heteroatoms. The topological polar surface area (TPSA) is 147 Å². The largest absolute Gasteiger partial charge is 0.463 e. The summed E-state index contributed by atoms with van der Waals surface area (Å²) in [5.74, 6) is -3.32. The normalized spacial score (nSPS) is 24.3. The lowest BCUT2D eigenvalue weighted by molar-refractivity contribution is -0.237. The third kappa shape index (κ3) is 8.22. The highest BCUT2D eigenvalue weighted by atomic mass is 35.5. The van der Waals surface area contributed by atoms with Crippen molar-refractivity contribution in [1.29, 1.82) is 0 Å². The minimum absolute atomic E-state index is 0.130. The summed E-state index contributed by atoms with van der Waals surface area (Å²) in [7, 11) is 0. The second-order valence-corrected chi connectivity index (χ2v) is 11.7. The Morgan fingerprint density at radius 2 is 1.58 bits per heavy atom. The Balaban J connectivity index is 1.78. The lowest BCUT2D eigenvalue weighted by atomic mass is 9.99. The molecule has 0 aliphatic carbocycles. The van der Waals surface area contributed by atoms with Crippen LogP contribution in [0.3, 0.4) is 0 Å². The van der Waals surface area contributed by atoms with E-state index in [9.17, 15) is 24.0 Å². The predicted octanol–water partition coefficient (Wildman–Crippen LogP) is 3.96. The zero-order chi connectivity index (χ0) is 31.3. The first-order valence-corrected chi connectivity index (χ1v) is 15.0. The van der Waals surface area contributed by atoms with Gasteiger partial charge in [-0.1, -0.05) is 29.4 Å². The number of hydrogen-bond acceptors (Lipinski definition) is 13. The van der Waals surface area contributed by atoms with E-state index < -0.39 is 59.6 Å². The number of nitrogens with zero attached hydrogens (tertiary/aromatic N) is 2. The Labute approximate surface area is 259 Å². The SMILES string of the molecule is CC(=O)OCC1OC(SC2=N/C(=C\c3cccs3)C(=O)N2c2ccc(Cl)cc2)C(OC(C)=O)C(OC(C)=O)C1OC(C)=O. The molecule has 1 aromatic heterocycles. The average Bonchev–Trinajstić information content (AvgIpc) is 3.54. The van der Waals surface area contributed by atoms with E-state index in [1.54, 1.807) is 30.3 Å². The molecule has 2 aliphatic rings. The van der Waals surface area contributed by atoms with Gasteiger partial charge in [0.2, 0.25) is 0 Å². The number of halogens is 1. The molecule has 0 spiro atoms. The van der Waals surface area contributed by atoms with Gasteiger partial charge >= 0.3 is 23.9 Å². The van der Waals surface area contributed by atoms with Gasteiger partial charge < -0.3 is 23.7 Å². The standard InChI is InChI=1S/C28H27ClN2O10S2/c1-14(32)37-13-22-23(38-15(2)33)24(39-16(3)34)25(40-17(4)35)27(41-22)43-28-30-21(12-20-6-5-11-42-20)26(36)31(28)19-9-7-18(29)8-10-19/h5-12,22-25,27H,13H2,1-4H3/b21-12-. The summed E-state index contributed by atoms with van der Waals surface area (Å²) in [5.41, 5.74) is -0.602. The van der Waals surface area contributed by atoms with E-state index in [4.69, 9.17) is 35.3 Å². The van der Waals surface area contributed by atoms with Crippen molar-refractivity contribution >= 4 is 81.4 Å². The van der Waals surface area contributed by atoms with Gasteiger partial charge in [-0.3, -0.25) is 28.9 Å². The maximum Gasteiger partial charge on any atom is 0.303 e. The van der Waals surface area contributed by atoms with Crippen LogP contribution < -0.4 is 4.90 Å². The first-order chi connectivity index (χ1) is 20.4. The van der Waals surface area contributed by atoms with Gasteiger partial charge in [-0.25, -0.2) is 4.99 Å². The second kappa shape index (κ2) is 14.2. The molecule has 4 rings (SSSR count). The summed E-state index contributed by atoms with van der Waals surface area (Å²) in [6.45, 7) is 4.23. The van der Waals surface area contributed by atoms with E-state index >= 15 is 0 Å². The van der Waals surface area contributed by atoms with E-state index in [1.807, 2.05) is 17.5 Å². The van der Waals surface area contributed by atoms with Gasteiger partial charge in [-0.05, 0) is 41.8 Å². The third-order valence-corrected chi connectivity index (χ3v) is 8.07. The van der Waals surface area contributed by atoms with Gasteiger partial charge in [0.1, 0.15) is 18.4 Å². The maximum atomic E-state index is 13.6. The number of carbonyl (C=O) groups is 5. The van der Waals surface area contributed by atoms with Crippen LogP contribution in [-0.4, -0.2) is 71.4 Å². The molecule has 1 fully saturated rings. The fourth-order valence-corrected chi connectivity index (χ4v) is 6.26. The summed E-state index contributed by atoms with van der Waals surface area (Å²) in [4.78, 5) is 68.4. The third-order valence-electron chi connectivity index (χ3n) is 5.91. The van der Waals surface area contributed by atoms with E-state index in [2.05, 4.69) is 4.99 Å². The highest BCUT2D eigenvalue weighted by Crippen LogP contribution is 2.39. The Bertz CT molecular complexity index is 1440. The fourth-order valence-electron chi connectivity index (χ4n) is 4.29. The molecule has 2 aromatic rings.